The molecular weight excluding hydrogens is 273 g/mol. The largest absolute Gasteiger partial charge is 0.493 e. The molecule has 1 aromatic rings. The summed E-state index contributed by atoms with van der Waals surface area (Å²) in [5.74, 6) is -0.106. The van der Waals surface area contributed by atoms with Gasteiger partial charge in [-0.25, -0.2) is 0 Å². The SMILES string of the molecule is FC(F)(F)c1ccccc1OCCCBr. The van der Waals surface area contributed by atoms with Crippen molar-refractivity contribution in [3.63, 3.8) is 0 Å². The monoisotopic (exact) mass is 282 g/mol. The first-order valence-electron chi connectivity index (χ1n) is 4.40. The zero-order chi connectivity index (χ0) is 11.3. The van der Waals surface area contributed by atoms with Crippen LogP contribution >= 0.6 is 15.9 Å². The quantitative estimate of drug-likeness (QED) is 0.602. The Hall–Kier alpha value is -0.710. The van der Waals surface area contributed by atoms with E-state index in [0.29, 0.717) is 11.8 Å². The Morgan fingerprint density at radius 1 is 1.20 bits per heavy atom. The van der Waals surface area contributed by atoms with E-state index in [1.807, 2.05) is 0 Å². The molecule has 0 amide bonds. The Morgan fingerprint density at radius 2 is 1.87 bits per heavy atom. The van der Waals surface area contributed by atoms with Crippen molar-refractivity contribution in [3.8, 4) is 5.75 Å². The maximum Gasteiger partial charge on any atom is 0.419 e. The molecule has 0 N–H and O–H groups in total. The number of para-hydroxylation sites is 1. The van der Waals surface area contributed by atoms with Gasteiger partial charge in [-0.3, -0.25) is 0 Å². The second-order valence-electron chi connectivity index (χ2n) is 2.88. The molecule has 0 saturated carbocycles. The molecule has 0 bridgehead atoms. The van der Waals surface area contributed by atoms with Gasteiger partial charge in [0.15, 0.2) is 0 Å². The zero-order valence-electron chi connectivity index (χ0n) is 7.85. The first kappa shape index (κ1) is 12.4. The minimum Gasteiger partial charge on any atom is -0.493 e. The summed E-state index contributed by atoms with van der Waals surface area (Å²) < 4.78 is 42.5. The van der Waals surface area contributed by atoms with Gasteiger partial charge in [0.1, 0.15) is 5.75 Å². The van der Waals surface area contributed by atoms with E-state index in [1.54, 1.807) is 0 Å². The fourth-order valence-electron chi connectivity index (χ4n) is 1.06. The number of hydrogen-bond donors (Lipinski definition) is 0. The number of benzene rings is 1. The second-order valence-corrected chi connectivity index (χ2v) is 3.68. The normalized spacial score (nSPS) is 11.5. The Balaban J connectivity index is 2.78. The average Bonchev–Trinajstić information content (AvgIpc) is 2.17. The Labute approximate surface area is 94.4 Å². The Kier molecular flexibility index (Phi) is 4.45. The van der Waals surface area contributed by atoms with Crippen LogP contribution in [0.5, 0.6) is 5.75 Å². The van der Waals surface area contributed by atoms with Crippen LogP contribution in [-0.2, 0) is 6.18 Å². The molecule has 0 aliphatic carbocycles. The minimum absolute atomic E-state index is 0.106. The van der Waals surface area contributed by atoms with E-state index in [0.717, 1.165) is 6.07 Å². The van der Waals surface area contributed by atoms with Crippen LogP contribution in [0.25, 0.3) is 0 Å². The highest BCUT2D eigenvalue weighted by Crippen LogP contribution is 2.35. The number of alkyl halides is 4. The molecule has 15 heavy (non-hydrogen) atoms. The highest BCUT2D eigenvalue weighted by Gasteiger charge is 2.33. The smallest absolute Gasteiger partial charge is 0.419 e. The first-order valence-corrected chi connectivity index (χ1v) is 5.53. The fourth-order valence-corrected chi connectivity index (χ4v) is 1.29. The van der Waals surface area contributed by atoms with Crippen molar-refractivity contribution in [3.05, 3.63) is 29.8 Å². The van der Waals surface area contributed by atoms with E-state index >= 15 is 0 Å². The molecule has 0 spiro atoms. The lowest BCUT2D eigenvalue weighted by Gasteiger charge is -2.13. The van der Waals surface area contributed by atoms with Crippen molar-refractivity contribution >= 4 is 15.9 Å². The predicted molar refractivity (Wildman–Crippen MR) is 55.4 cm³/mol. The zero-order valence-corrected chi connectivity index (χ0v) is 9.44. The van der Waals surface area contributed by atoms with E-state index in [1.165, 1.54) is 18.2 Å². The molecule has 0 atom stereocenters. The average molecular weight is 283 g/mol. The van der Waals surface area contributed by atoms with Crippen LogP contribution in [-0.4, -0.2) is 11.9 Å². The number of hydrogen-bond acceptors (Lipinski definition) is 1. The summed E-state index contributed by atoms with van der Waals surface area (Å²) in [6.45, 7) is 0.276. The van der Waals surface area contributed by atoms with Crippen molar-refractivity contribution < 1.29 is 17.9 Å². The molecule has 1 rings (SSSR count). The van der Waals surface area contributed by atoms with Gasteiger partial charge in [-0.05, 0) is 18.6 Å². The summed E-state index contributed by atoms with van der Waals surface area (Å²) in [7, 11) is 0. The van der Waals surface area contributed by atoms with E-state index in [2.05, 4.69) is 15.9 Å². The summed E-state index contributed by atoms with van der Waals surface area (Å²) in [6, 6.07) is 5.22. The molecule has 84 valence electrons. The van der Waals surface area contributed by atoms with Crippen LogP contribution in [0.2, 0.25) is 0 Å². The van der Waals surface area contributed by atoms with Crippen molar-refractivity contribution in [2.45, 2.75) is 12.6 Å². The van der Waals surface area contributed by atoms with Crippen molar-refractivity contribution in [2.75, 3.05) is 11.9 Å². The fraction of sp³-hybridized carbons (Fsp3) is 0.400. The van der Waals surface area contributed by atoms with Gasteiger partial charge in [-0.15, -0.1) is 0 Å². The van der Waals surface area contributed by atoms with Crippen molar-refractivity contribution in [2.24, 2.45) is 0 Å². The van der Waals surface area contributed by atoms with Crippen molar-refractivity contribution in [1.29, 1.82) is 0 Å². The predicted octanol–water partition coefficient (Wildman–Crippen LogP) is 3.87. The molecule has 0 radical (unpaired) electrons. The molecule has 1 aromatic carbocycles. The van der Waals surface area contributed by atoms with E-state index in [-0.39, 0.29) is 12.4 Å². The molecule has 0 fully saturated rings. The van der Waals surface area contributed by atoms with Gasteiger partial charge in [-0.2, -0.15) is 13.2 Å². The molecule has 1 nitrogen and oxygen atoms in total. The van der Waals surface area contributed by atoms with Gasteiger partial charge in [0.2, 0.25) is 0 Å². The summed E-state index contributed by atoms with van der Waals surface area (Å²) in [4.78, 5) is 0. The molecule has 0 aliphatic heterocycles. The summed E-state index contributed by atoms with van der Waals surface area (Å²) in [5, 5.41) is 0.710. The first-order chi connectivity index (χ1) is 7.05. The molecule has 0 aliphatic rings. The topological polar surface area (TPSA) is 9.23 Å². The third kappa shape index (κ3) is 3.74. The summed E-state index contributed by atoms with van der Waals surface area (Å²) >= 11 is 3.18. The Morgan fingerprint density at radius 3 is 2.47 bits per heavy atom. The van der Waals surface area contributed by atoms with Gasteiger partial charge < -0.3 is 4.74 Å². The standard InChI is InChI=1S/C10H10BrF3O/c11-6-3-7-15-9-5-2-1-4-8(9)10(12,13)14/h1-2,4-5H,3,6-7H2. The Bertz CT molecular complexity index is 312. The van der Waals surface area contributed by atoms with Gasteiger partial charge in [-0.1, -0.05) is 28.1 Å². The lowest BCUT2D eigenvalue weighted by Crippen LogP contribution is -2.09. The molecule has 0 heterocycles. The van der Waals surface area contributed by atoms with Crippen LogP contribution in [0.1, 0.15) is 12.0 Å². The lowest BCUT2D eigenvalue weighted by atomic mass is 10.2. The second kappa shape index (κ2) is 5.39. The van der Waals surface area contributed by atoms with Crippen molar-refractivity contribution in [1.82, 2.24) is 0 Å². The van der Waals surface area contributed by atoms with Gasteiger partial charge in [0, 0.05) is 5.33 Å². The summed E-state index contributed by atoms with van der Waals surface area (Å²) in [6.07, 6.45) is -3.68. The molecule has 5 heteroatoms. The number of rotatable bonds is 4. The molecule has 0 saturated heterocycles. The van der Waals surface area contributed by atoms with Crippen LogP contribution in [0.3, 0.4) is 0 Å². The maximum atomic E-state index is 12.5. The van der Waals surface area contributed by atoms with Crippen LogP contribution in [0.15, 0.2) is 24.3 Å². The number of halogens is 4. The minimum atomic E-state index is -4.36. The summed E-state index contributed by atoms with van der Waals surface area (Å²) in [5.41, 5.74) is -0.723. The van der Waals surface area contributed by atoms with Crippen LogP contribution in [0, 0.1) is 0 Å². The molecule has 0 unspecified atom stereocenters. The third-order valence-electron chi connectivity index (χ3n) is 1.73. The van der Waals surface area contributed by atoms with E-state index < -0.39 is 11.7 Å². The maximum absolute atomic E-state index is 12.5. The molecule has 0 aromatic heterocycles. The highest BCUT2D eigenvalue weighted by atomic mass is 79.9. The highest BCUT2D eigenvalue weighted by molar-refractivity contribution is 9.09. The molecular formula is C10H10BrF3O. The van der Waals surface area contributed by atoms with Crippen LogP contribution < -0.4 is 4.74 Å². The van der Waals surface area contributed by atoms with E-state index in [4.69, 9.17) is 4.74 Å². The van der Waals surface area contributed by atoms with E-state index in [9.17, 15) is 13.2 Å². The van der Waals surface area contributed by atoms with Crippen LogP contribution in [0.4, 0.5) is 13.2 Å². The van der Waals surface area contributed by atoms with Gasteiger partial charge >= 0.3 is 6.18 Å². The van der Waals surface area contributed by atoms with Gasteiger partial charge in [0.05, 0.1) is 12.2 Å². The number of ether oxygens (including phenoxy) is 1. The third-order valence-corrected chi connectivity index (χ3v) is 2.29. The van der Waals surface area contributed by atoms with Gasteiger partial charge in [0.25, 0.3) is 0 Å². The lowest BCUT2D eigenvalue weighted by molar-refractivity contribution is -0.138.